The molecule has 0 atom stereocenters. The van der Waals surface area contributed by atoms with Crippen molar-refractivity contribution in [1.82, 2.24) is 4.90 Å². The fourth-order valence-corrected chi connectivity index (χ4v) is 1.43. The third-order valence-electron chi connectivity index (χ3n) is 1.74. The Morgan fingerprint density at radius 1 is 1.54 bits per heavy atom. The molecule has 1 aromatic rings. The monoisotopic (exact) mass is 258 g/mol. The number of benzene rings is 1. The SMILES string of the molecule is CN(Cc1ccccc1Br)C(N)=S. The minimum absolute atomic E-state index is 0.413. The molecule has 0 radical (unpaired) electrons. The van der Waals surface area contributed by atoms with Crippen LogP contribution in [0.25, 0.3) is 0 Å². The quantitative estimate of drug-likeness (QED) is 0.825. The van der Waals surface area contributed by atoms with Gasteiger partial charge >= 0.3 is 0 Å². The summed E-state index contributed by atoms with van der Waals surface area (Å²) in [6, 6.07) is 8.02. The molecule has 0 saturated carbocycles. The number of rotatable bonds is 2. The summed E-state index contributed by atoms with van der Waals surface area (Å²) in [5.41, 5.74) is 6.65. The highest BCUT2D eigenvalue weighted by atomic mass is 79.9. The van der Waals surface area contributed by atoms with Gasteiger partial charge in [-0.2, -0.15) is 0 Å². The lowest BCUT2D eigenvalue weighted by Crippen LogP contribution is -2.31. The Bertz CT molecular complexity index is 314. The Morgan fingerprint density at radius 3 is 2.69 bits per heavy atom. The fraction of sp³-hybridized carbons (Fsp3) is 0.222. The van der Waals surface area contributed by atoms with E-state index in [0.29, 0.717) is 5.11 Å². The average Bonchev–Trinajstić information content (AvgIpc) is 2.08. The molecule has 2 N–H and O–H groups in total. The van der Waals surface area contributed by atoms with E-state index in [0.717, 1.165) is 11.0 Å². The fourth-order valence-electron chi connectivity index (χ4n) is 0.960. The van der Waals surface area contributed by atoms with E-state index in [1.54, 1.807) is 0 Å². The standard InChI is InChI=1S/C9H11BrN2S/c1-12(9(11)13)6-7-4-2-3-5-8(7)10/h2-5H,6H2,1H3,(H2,11,13). The molecule has 0 aliphatic heterocycles. The van der Waals surface area contributed by atoms with Crippen molar-refractivity contribution in [3.05, 3.63) is 34.3 Å². The molecular weight excluding hydrogens is 248 g/mol. The Labute approximate surface area is 91.9 Å². The van der Waals surface area contributed by atoms with Crippen LogP contribution in [0.3, 0.4) is 0 Å². The van der Waals surface area contributed by atoms with Crippen LogP contribution in [0.4, 0.5) is 0 Å². The van der Waals surface area contributed by atoms with Crippen LogP contribution in [-0.2, 0) is 6.54 Å². The first-order chi connectivity index (χ1) is 6.11. The summed E-state index contributed by atoms with van der Waals surface area (Å²) in [5, 5.41) is 0.413. The molecule has 0 aliphatic rings. The van der Waals surface area contributed by atoms with Crippen LogP contribution in [0.1, 0.15) is 5.56 Å². The smallest absolute Gasteiger partial charge is 0.166 e. The van der Waals surface area contributed by atoms with Gasteiger partial charge in [0.1, 0.15) is 0 Å². The third-order valence-corrected chi connectivity index (χ3v) is 2.83. The van der Waals surface area contributed by atoms with Gasteiger partial charge in [-0.05, 0) is 23.8 Å². The maximum atomic E-state index is 5.48. The van der Waals surface area contributed by atoms with E-state index >= 15 is 0 Å². The average molecular weight is 259 g/mol. The molecule has 1 rings (SSSR count). The Balaban J connectivity index is 2.74. The van der Waals surface area contributed by atoms with Gasteiger partial charge in [-0.15, -0.1) is 0 Å². The topological polar surface area (TPSA) is 29.3 Å². The van der Waals surface area contributed by atoms with Crippen molar-refractivity contribution in [3.8, 4) is 0 Å². The highest BCUT2D eigenvalue weighted by molar-refractivity contribution is 9.10. The summed E-state index contributed by atoms with van der Waals surface area (Å²) >= 11 is 8.31. The van der Waals surface area contributed by atoms with Crippen molar-refractivity contribution in [2.45, 2.75) is 6.54 Å². The lowest BCUT2D eigenvalue weighted by Gasteiger charge is -2.17. The molecule has 70 valence electrons. The van der Waals surface area contributed by atoms with Crippen molar-refractivity contribution in [1.29, 1.82) is 0 Å². The summed E-state index contributed by atoms with van der Waals surface area (Å²) in [6.07, 6.45) is 0. The maximum Gasteiger partial charge on any atom is 0.166 e. The summed E-state index contributed by atoms with van der Waals surface area (Å²) in [5.74, 6) is 0. The molecule has 0 unspecified atom stereocenters. The summed E-state index contributed by atoms with van der Waals surface area (Å²) < 4.78 is 1.08. The molecule has 2 nitrogen and oxygen atoms in total. The molecule has 0 spiro atoms. The van der Waals surface area contributed by atoms with E-state index < -0.39 is 0 Å². The second-order valence-electron chi connectivity index (χ2n) is 2.79. The maximum absolute atomic E-state index is 5.48. The Morgan fingerprint density at radius 2 is 2.15 bits per heavy atom. The second-order valence-corrected chi connectivity index (χ2v) is 4.06. The number of nitrogens with two attached hydrogens (primary N) is 1. The molecule has 13 heavy (non-hydrogen) atoms. The molecule has 0 aromatic heterocycles. The van der Waals surface area contributed by atoms with Crippen molar-refractivity contribution >= 4 is 33.3 Å². The number of hydrogen-bond acceptors (Lipinski definition) is 1. The van der Waals surface area contributed by atoms with Crippen LogP contribution < -0.4 is 5.73 Å². The predicted molar refractivity (Wildman–Crippen MR) is 62.4 cm³/mol. The van der Waals surface area contributed by atoms with E-state index in [1.165, 1.54) is 5.56 Å². The molecule has 1 aromatic carbocycles. The lowest BCUT2D eigenvalue weighted by molar-refractivity contribution is 0.503. The van der Waals surface area contributed by atoms with Gasteiger partial charge < -0.3 is 10.6 Å². The molecule has 0 saturated heterocycles. The molecular formula is C9H11BrN2S. The minimum atomic E-state index is 0.413. The lowest BCUT2D eigenvalue weighted by atomic mass is 10.2. The van der Waals surface area contributed by atoms with Crippen molar-refractivity contribution < 1.29 is 0 Å². The molecule has 0 fully saturated rings. The van der Waals surface area contributed by atoms with E-state index in [9.17, 15) is 0 Å². The van der Waals surface area contributed by atoms with Crippen LogP contribution >= 0.6 is 28.1 Å². The van der Waals surface area contributed by atoms with Gasteiger partial charge in [0, 0.05) is 18.1 Å². The minimum Gasteiger partial charge on any atom is -0.376 e. The van der Waals surface area contributed by atoms with Crippen molar-refractivity contribution in [3.63, 3.8) is 0 Å². The number of halogens is 1. The summed E-state index contributed by atoms with van der Waals surface area (Å²) in [7, 11) is 1.88. The number of nitrogens with zero attached hydrogens (tertiary/aromatic N) is 1. The molecule has 0 amide bonds. The summed E-state index contributed by atoms with van der Waals surface area (Å²) in [4.78, 5) is 1.83. The van der Waals surface area contributed by atoms with Crippen LogP contribution in [0, 0.1) is 0 Å². The Kier molecular flexibility index (Phi) is 3.69. The predicted octanol–water partition coefficient (Wildman–Crippen LogP) is 2.12. The second kappa shape index (κ2) is 4.58. The first-order valence-corrected chi connectivity index (χ1v) is 5.05. The van der Waals surface area contributed by atoms with Crippen LogP contribution in [0.5, 0.6) is 0 Å². The zero-order valence-electron chi connectivity index (χ0n) is 7.33. The largest absolute Gasteiger partial charge is 0.376 e. The zero-order chi connectivity index (χ0) is 9.84. The van der Waals surface area contributed by atoms with E-state index in [2.05, 4.69) is 15.9 Å². The zero-order valence-corrected chi connectivity index (χ0v) is 9.73. The van der Waals surface area contributed by atoms with Gasteiger partial charge in [-0.25, -0.2) is 0 Å². The van der Waals surface area contributed by atoms with Gasteiger partial charge in [-0.1, -0.05) is 34.1 Å². The van der Waals surface area contributed by atoms with Gasteiger partial charge in [-0.3, -0.25) is 0 Å². The van der Waals surface area contributed by atoms with Gasteiger partial charge in [0.05, 0.1) is 0 Å². The van der Waals surface area contributed by atoms with Gasteiger partial charge in [0.15, 0.2) is 5.11 Å². The summed E-state index contributed by atoms with van der Waals surface area (Å²) in [6.45, 7) is 0.733. The number of hydrogen-bond donors (Lipinski definition) is 1. The van der Waals surface area contributed by atoms with Gasteiger partial charge in [0.25, 0.3) is 0 Å². The Hall–Kier alpha value is -0.610. The van der Waals surface area contributed by atoms with Crippen LogP contribution in [0.2, 0.25) is 0 Å². The van der Waals surface area contributed by atoms with Crippen molar-refractivity contribution in [2.24, 2.45) is 5.73 Å². The van der Waals surface area contributed by atoms with Crippen LogP contribution in [-0.4, -0.2) is 17.1 Å². The molecule has 0 aliphatic carbocycles. The first-order valence-electron chi connectivity index (χ1n) is 3.85. The van der Waals surface area contributed by atoms with E-state index in [-0.39, 0.29) is 0 Å². The number of thiocarbonyl (C=S) groups is 1. The van der Waals surface area contributed by atoms with E-state index in [1.807, 2.05) is 36.2 Å². The normalized spacial score (nSPS) is 9.69. The van der Waals surface area contributed by atoms with Crippen molar-refractivity contribution in [2.75, 3.05) is 7.05 Å². The third kappa shape index (κ3) is 2.97. The highest BCUT2D eigenvalue weighted by Crippen LogP contribution is 2.16. The molecule has 0 bridgehead atoms. The molecule has 0 heterocycles. The van der Waals surface area contributed by atoms with Crippen LogP contribution in [0.15, 0.2) is 28.7 Å². The highest BCUT2D eigenvalue weighted by Gasteiger charge is 2.03. The first kappa shape index (κ1) is 10.5. The molecule has 4 heteroatoms. The van der Waals surface area contributed by atoms with Gasteiger partial charge in [0.2, 0.25) is 0 Å². The van der Waals surface area contributed by atoms with E-state index in [4.69, 9.17) is 18.0 Å².